The normalized spacial score (nSPS) is 15.8. The van der Waals surface area contributed by atoms with Crippen LogP contribution in [0.1, 0.15) is 35.3 Å². The number of carbonyl (C=O) groups is 2. The maximum Gasteiger partial charge on any atom is 0.234 e. The fraction of sp³-hybridized carbons (Fsp3) is 0.200. The highest BCUT2D eigenvalue weighted by atomic mass is 127. The van der Waals surface area contributed by atoms with E-state index in [9.17, 15) is 9.59 Å². The minimum atomic E-state index is -0.589. The summed E-state index contributed by atoms with van der Waals surface area (Å²) in [4.78, 5) is 24.4. The van der Waals surface area contributed by atoms with E-state index in [4.69, 9.17) is 0 Å². The number of anilines is 1. The molecular weight excluding hydrogens is 385 g/mol. The van der Waals surface area contributed by atoms with Crippen LogP contribution in [-0.2, 0) is 10.2 Å². The van der Waals surface area contributed by atoms with E-state index in [2.05, 4.69) is 27.9 Å². The van der Waals surface area contributed by atoms with Gasteiger partial charge in [-0.1, -0.05) is 0 Å². The second-order valence-electron chi connectivity index (χ2n) is 5.31. The fourth-order valence-corrected chi connectivity index (χ4v) is 3.63. The van der Waals surface area contributed by atoms with E-state index >= 15 is 0 Å². The van der Waals surface area contributed by atoms with Gasteiger partial charge in [0.05, 0.1) is 8.30 Å². The van der Waals surface area contributed by atoms with Crippen LogP contribution in [0, 0.1) is 2.88 Å². The summed E-state index contributed by atoms with van der Waals surface area (Å²) in [5.41, 5.74) is 2.43. The Balaban J connectivity index is 2.04. The van der Waals surface area contributed by atoms with Gasteiger partial charge >= 0.3 is 0 Å². The summed E-state index contributed by atoms with van der Waals surface area (Å²) >= 11 is 3.75. The van der Waals surface area contributed by atoms with Crippen LogP contribution < -0.4 is 5.32 Å². The molecule has 0 unspecified atom stereocenters. The Morgan fingerprint density at radius 3 is 2.65 bits per heavy atom. The first-order chi connectivity index (χ1) is 9.39. The van der Waals surface area contributed by atoms with Gasteiger partial charge in [-0.2, -0.15) is 0 Å². The SMILES string of the molecule is CC1(C)C(=O)Nc2ccc(C(=O)c3csc(I)c3)cc21. The third-order valence-electron chi connectivity index (χ3n) is 3.60. The van der Waals surface area contributed by atoms with Crippen LogP contribution >= 0.6 is 33.9 Å². The van der Waals surface area contributed by atoms with Gasteiger partial charge in [0.1, 0.15) is 0 Å². The molecule has 1 aromatic carbocycles. The summed E-state index contributed by atoms with van der Waals surface area (Å²) in [6.45, 7) is 3.74. The molecule has 3 nitrogen and oxygen atoms in total. The minimum Gasteiger partial charge on any atom is -0.325 e. The monoisotopic (exact) mass is 397 g/mol. The number of amides is 1. The zero-order valence-electron chi connectivity index (χ0n) is 11.0. The van der Waals surface area contributed by atoms with Gasteiger partial charge in [0.15, 0.2) is 5.78 Å². The molecule has 20 heavy (non-hydrogen) atoms. The second-order valence-corrected chi connectivity index (χ2v) is 8.11. The lowest BCUT2D eigenvalue weighted by molar-refractivity contribution is -0.119. The van der Waals surface area contributed by atoms with Crippen molar-refractivity contribution in [3.63, 3.8) is 0 Å². The standard InChI is InChI=1S/C15H12INO2S/c1-15(2)10-5-8(3-4-11(10)17-14(15)19)13(18)9-6-12(16)20-7-9/h3-7H,1-2H3,(H,17,19). The molecule has 1 amide bonds. The third kappa shape index (κ3) is 2.09. The molecule has 0 spiro atoms. The molecule has 1 aliphatic rings. The molecule has 0 atom stereocenters. The molecule has 102 valence electrons. The summed E-state index contributed by atoms with van der Waals surface area (Å²) in [7, 11) is 0. The van der Waals surface area contributed by atoms with Crippen LogP contribution in [0.25, 0.3) is 0 Å². The number of carbonyl (C=O) groups excluding carboxylic acids is 2. The summed E-state index contributed by atoms with van der Waals surface area (Å²) in [5.74, 6) is -0.0238. The number of fused-ring (bicyclic) bond motifs is 1. The topological polar surface area (TPSA) is 46.2 Å². The smallest absolute Gasteiger partial charge is 0.234 e. The third-order valence-corrected chi connectivity index (χ3v) is 5.39. The van der Waals surface area contributed by atoms with Crippen molar-refractivity contribution in [2.75, 3.05) is 5.32 Å². The Bertz CT molecular complexity index is 733. The van der Waals surface area contributed by atoms with Crippen molar-refractivity contribution < 1.29 is 9.59 Å². The van der Waals surface area contributed by atoms with Gasteiger partial charge in [-0.25, -0.2) is 0 Å². The van der Waals surface area contributed by atoms with Crippen LogP contribution in [-0.4, -0.2) is 11.7 Å². The molecule has 0 bridgehead atoms. The van der Waals surface area contributed by atoms with E-state index in [-0.39, 0.29) is 11.7 Å². The van der Waals surface area contributed by atoms with Crippen LogP contribution in [0.3, 0.4) is 0 Å². The van der Waals surface area contributed by atoms with Gasteiger partial charge in [-0.05, 0) is 66.3 Å². The van der Waals surface area contributed by atoms with Gasteiger partial charge in [0.25, 0.3) is 0 Å². The molecule has 0 saturated heterocycles. The largest absolute Gasteiger partial charge is 0.325 e. The van der Waals surface area contributed by atoms with Crippen molar-refractivity contribution >= 4 is 51.3 Å². The number of thiophene rings is 1. The Kier molecular flexibility index (Phi) is 3.21. The van der Waals surface area contributed by atoms with Crippen molar-refractivity contribution in [1.29, 1.82) is 0 Å². The van der Waals surface area contributed by atoms with E-state index in [1.54, 1.807) is 17.4 Å². The van der Waals surface area contributed by atoms with E-state index < -0.39 is 5.41 Å². The van der Waals surface area contributed by atoms with Crippen LogP contribution in [0.15, 0.2) is 29.6 Å². The molecule has 1 N–H and O–H groups in total. The van der Waals surface area contributed by atoms with Crippen molar-refractivity contribution in [2.24, 2.45) is 0 Å². The number of halogens is 1. The highest BCUT2D eigenvalue weighted by Gasteiger charge is 2.38. The number of nitrogens with one attached hydrogen (secondary N) is 1. The lowest BCUT2D eigenvalue weighted by Crippen LogP contribution is -2.27. The van der Waals surface area contributed by atoms with Gasteiger partial charge < -0.3 is 5.32 Å². The first-order valence-electron chi connectivity index (χ1n) is 6.14. The van der Waals surface area contributed by atoms with Gasteiger partial charge in [-0.15, -0.1) is 11.3 Å². The van der Waals surface area contributed by atoms with Crippen molar-refractivity contribution in [1.82, 2.24) is 0 Å². The van der Waals surface area contributed by atoms with Crippen LogP contribution in [0.2, 0.25) is 0 Å². The Labute approximate surface area is 134 Å². The van der Waals surface area contributed by atoms with Crippen LogP contribution in [0.5, 0.6) is 0 Å². The quantitative estimate of drug-likeness (QED) is 0.619. The summed E-state index contributed by atoms with van der Waals surface area (Å²) < 4.78 is 1.09. The molecule has 0 fully saturated rings. The first kappa shape index (κ1) is 13.8. The Hall–Kier alpha value is -1.21. The molecule has 0 radical (unpaired) electrons. The molecule has 5 heteroatoms. The number of hydrogen-bond acceptors (Lipinski definition) is 3. The molecular formula is C15H12INO2S. The average Bonchev–Trinajstić information content (AvgIpc) is 2.92. The van der Waals surface area contributed by atoms with E-state index in [1.165, 1.54) is 0 Å². The minimum absolute atomic E-state index is 0.00196. The highest BCUT2D eigenvalue weighted by molar-refractivity contribution is 14.1. The number of benzene rings is 1. The van der Waals surface area contributed by atoms with E-state index in [0.29, 0.717) is 11.1 Å². The predicted octanol–water partition coefficient (Wildman–Crippen LogP) is 3.81. The van der Waals surface area contributed by atoms with Gasteiger partial charge in [0, 0.05) is 22.2 Å². The number of hydrogen-bond donors (Lipinski definition) is 1. The van der Waals surface area contributed by atoms with Gasteiger partial charge in [-0.3, -0.25) is 9.59 Å². The summed E-state index contributed by atoms with van der Waals surface area (Å²) in [6.07, 6.45) is 0. The summed E-state index contributed by atoms with van der Waals surface area (Å²) in [5, 5.41) is 4.72. The predicted molar refractivity (Wildman–Crippen MR) is 88.6 cm³/mol. The van der Waals surface area contributed by atoms with Crippen molar-refractivity contribution in [2.45, 2.75) is 19.3 Å². The fourth-order valence-electron chi connectivity index (χ4n) is 2.31. The highest BCUT2D eigenvalue weighted by Crippen LogP contribution is 2.38. The molecule has 0 aliphatic carbocycles. The number of rotatable bonds is 2. The Morgan fingerprint density at radius 2 is 2.00 bits per heavy atom. The molecule has 2 heterocycles. The molecule has 1 aromatic heterocycles. The van der Waals surface area contributed by atoms with Crippen molar-refractivity contribution in [3.05, 3.63) is 49.2 Å². The second kappa shape index (κ2) is 4.66. The zero-order valence-corrected chi connectivity index (χ0v) is 14.0. The molecule has 0 saturated carbocycles. The molecule has 2 aromatic rings. The van der Waals surface area contributed by atoms with Crippen molar-refractivity contribution in [3.8, 4) is 0 Å². The average molecular weight is 397 g/mol. The summed E-state index contributed by atoms with van der Waals surface area (Å²) in [6, 6.07) is 7.30. The van der Waals surface area contributed by atoms with E-state index in [0.717, 1.165) is 14.1 Å². The molecule has 3 rings (SSSR count). The van der Waals surface area contributed by atoms with Gasteiger partial charge in [0.2, 0.25) is 5.91 Å². The lowest BCUT2D eigenvalue weighted by atomic mass is 9.85. The van der Waals surface area contributed by atoms with Crippen LogP contribution in [0.4, 0.5) is 5.69 Å². The Morgan fingerprint density at radius 1 is 1.25 bits per heavy atom. The first-order valence-corrected chi connectivity index (χ1v) is 8.10. The zero-order chi connectivity index (χ0) is 14.5. The maximum absolute atomic E-state index is 12.5. The van der Waals surface area contributed by atoms with E-state index in [1.807, 2.05) is 37.4 Å². The maximum atomic E-state index is 12.5. The molecule has 1 aliphatic heterocycles. The lowest BCUT2D eigenvalue weighted by Gasteiger charge is -2.15. The number of ketones is 1.